The summed E-state index contributed by atoms with van der Waals surface area (Å²) in [4.78, 5) is 19.4. The number of nitrogens with one attached hydrogen (secondary N) is 1. The number of hydrogen-bond acceptors (Lipinski definition) is 5. The molecule has 0 aliphatic rings. The lowest BCUT2D eigenvalue weighted by Crippen LogP contribution is -2.30. The highest BCUT2D eigenvalue weighted by atomic mass is 35.5. The van der Waals surface area contributed by atoms with Gasteiger partial charge in [-0.05, 0) is 49.7 Å². The molecule has 2 aromatic carbocycles. The number of aliphatic hydroxyl groups is 1. The van der Waals surface area contributed by atoms with Gasteiger partial charge in [-0.2, -0.15) is 5.10 Å². The van der Waals surface area contributed by atoms with E-state index >= 15 is 0 Å². The van der Waals surface area contributed by atoms with Crippen LogP contribution >= 0.6 is 11.6 Å². The Morgan fingerprint density at radius 1 is 1.24 bits per heavy atom. The summed E-state index contributed by atoms with van der Waals surface area (Å²) < 4.78 is 5.86. The molecule has 8 heteroatoms. The second-order valence-corrected chi connectivity index (χ2v) is 8.16. The summed E-state index contributed by atoms with van der Waals surface area (Å²) in [5, 5.41) is 18.0. The van der Waals surface area contributed by atoms with Crippen LogP contribution in [0.1, 0.15) is 41.5 Å². The summed E-state index contributed by atoms with van der Waals surface area (Å²) in [6.45, 7) is 4.12. The molecule has 0 radical (unpaired) electrons. The molecule has 0 bridgehead atoms. The van der Waals surface area contributed by atoms with Crippen LogP contribution in [0.3, 0.4) is 0 Å². The maximum Gasteiger partial charge on any atom is 0.254 e. The number of pyridine rings is 1. The van der Waals surface area contributed by atoms with Gasteiger partial charge in [-0.3, -0.25) is 14.9 Å². The maximum atomic E-state index is 13.4. The number of fused-ring (bicyclic) bond motifs is 1. The highest BCUT2D eigenvalue weighted by Crippen LogP contribution is 2.34. The molecule has 0 unspecified atom stereocenters. The van der Waals surface area contributed by atoms with Gasteiger partial charge in [0.25, 0.3) is 5.91 Å². The second-order valence-electron chi connectivity index (χ2n) is 7.72. The Balaban J connectivity index is 1.66. The Morgan fingerprint density at radius 3 is 2.79 bits per heavy atom. The van der Waals surface area contributed by atoms with Crippen molar-refractivity contribution in [1.82, 2.24) is 20.1 Å². The van der Waals surface area contributed by atoms with Crippen molar-refractivity contribution in [2.24, 2.45) is 0 Å². The quantitative estimate of drug-likeness (QED) is 0.401. The molecule has 0 fully saturated rings. The number of hydrogen-bond donors (Lipinski definition) is 2. The highest BCUT2D eigenvalue weighted by Gasteiger charge is 2.23. The number of aliphatic hydroxyl groups excluding tert-OH is 1. The zero-order valence-electron chi connectivity index (χ0n) is 18.7. The number of aromatic amines is 1. The van der Waals surface area contributed by atoms with Crippen LogP contribution in [-0.2, 0) is 6.61 Å². The molecule has 170 valence electrons. The number of benzene rings is 2. The smallest absolute Gasteiger partial charge is 0.254 e. The fraction of sp³-hybridized carbons (Fsp3) is 0.240. The lowest BCUT2D eigenvalue weighted by Gasteiger charge is -2.26. The van der Waals surface area contributed by atoms with Crippen LogP contribution in [-0.4, -0.2) is 44.7 Å². The van der Waals surface area contributed by atoms with E-state index in [0.717, 1.165) is 27.6 Å². The van der Waals surface area contributed by atoms with Crippen LogP contribution in [0.2, 0.25) is 5.02 Å². The van der Waals surface area contributed by atoms with E-state index < -0.39 is 0 Å². The number of aromatic nitrogens is 3. The molecule has 0 saturated heterocycles. The Morgan fingerprint density at radius 2 is 2.06 bits per heavy atom. The predicted octanol–water partition coefficient (Wildman–Crippen LogP) is 5.00. The fourth-order valence-corrected chi connectivity index (χ4v) is 4.05. The van der Waals surface area contributed by atoms with Crippen molar-refractivity contribution in [2.75, 3.05) is 13.7 Å². The molecule has 2 N–H and O–H groups in total. The van der Waals surface area contributed by atoms with Gasteiger partial charge in [0.05, 0.1) is 36.7 Å². The van der Waals surface area contributed by atoms with E-state index in [1.54, 1.807) is 36.5 Å². The fourth-order valence-electron chi connectivity index (χ4n) is 3.86. The van der Waals surface area contributed by atoms with E-state index in [-0.39, 0.29) is 18.6 Å². The summed E-state index contributed by atoms with van der Waals surface area (Å²) in [5.41, 5.74) is 4.42. The van der Waals surface area contributed by atoms with Gasteiger partial charge in [-0.25, -0.2) is 0 Å². The lowest BCUT2D eigenvalue weighted by atomic mass is 10.0. The van der Waals surface area contributed by atoms with E-state index in [1.165, 1.54) is 0 Å². The number of halogens is 1. The molecule has 2 aromatic heterocycles. The first-order valence-electron chi connectivity index (χ1n) is 10.7. The predicted molar refractivity (Wildman–Crippen MR) is 128 cm³/mol. The van der Waals surface area contributed by atoms with E-state index in [0.29, 0.717) is 28.6 Å². The van der Waals surface area contributed by atoms with Gasteiger partial charge < -0.3 is 14.7 Å². The van der Waals surface area contributed by atoms with Crippen molar-refractivity contribution >= 4 is 28.4 Å². The highest BCUT2D eigenvalue weighted by molar-refractivity contribution is 6.30. The van der Waals surface area contributed by atoms with Crippen molar-refractivity contribution in [3.8, 4) is 16.9 Å². The van der Waals surface area contributed by atoms with Gasteiger partial charge in [0.15, 0.2) is 0 Å². The summed E-state index contributed by atoms with van der Waals surface area (Å²) in [5.74, 6) is 0.469. The van der Waals surface area contributed by atoms with Crippen molar-refractivity contribution in [3.05, 3.63) is 76.7 Å². The van der Waals surface area contributed by atoms with E-state index in [4.69, 9.17) is 16.3 Å². The third-order valence-electron chi connectivity index (χ3n) is 5.76. The molecular weight excluding hydrogens is 440 g/mol. The number of carbonyl (C=O) groups is 1. The molecule has 0 saturated carbocycles. The molecule has 4 rings (SSSR count). The van der Waals surface area contributed by atoms with Crippen molar-refractivity contribution < 1.29 is 14.6 Å². The lowest BCUT2D eigenvalue weighted by molar-refractivity contribution is 0.0743. The summed E-state index contributed by atoms with van der Waals surface area (Å²) in [6.07, 6.45) is 3.31. The normalized spacial score (nSPS) is 12.0. The number of nitrogens with zero attached hydrogens (tertiary/aromatic N) is 3. The Bertz CT molecular complexity index is 1300. The van der Waals surface area contributed by atoms with E-state index in [9.17, 15) is 9.90 Å². The number of H-pyrrole nitrogens is 1. The first-order valence-corrected chi connectivity index (χ1v) is 11.0. The number of rotatable bonds is 7. The van der Waals surface area contributed by atoms with Crippen molar-refractivity contribution in [2.45, 2.75) is 26.5 Å². The minimum atomic E-state index is -0.288. The minimum absolute atomic E-state index is 0.153. The zero-order chi connectivity index (χ0) is 23.5. The Kier molecular flexibility index (Phi) is 6.62. The third-order valence-corrected chi connectivity index (χ3v) is 6.00. The standard InChI is InChI=1S/C25H25ClN4O3/c1-4-33-23-11-17(8-9-19(23)16-6-5-7-18(26)10-16)25(32)30(3)15(2)20-12-27-22(14-31)21-13-28-29-24(20)21/h5-13,15,31H,4,14H2,1-3H3,(H,28,29)/t15-/m0/s1. The minimum Gasteiger partial charge on any atom is -0.493 e. The van der Waals surface area contributed by atoms with Crippen LogP contribution in [0, 0.1) is 0 Å². The van der Waals surface area contributed by atoms with Gasteiger partial charge in [-0.1, -0.05) is 23.7 Å². The molecule has 0 spiro atoms. The number of carbonyl (C=O) groups excluding carboxylic acids is 1. The van der Waals surface area contributed by atoms with Crippen LogP contribution in [0.5, 0.6) is 5.75 Å². The molecule has 7 nitrogen and oxygen atoms in total. The van der Waals surface area contributed by atoms with Gasteiger partial charge in [0, 0.05) is 40.3 Å². The van der Waals surface area contributed by atoms with E-state index in [2.05, 4.69) is 15.2 Å². The summed E-state index contributed by atoms with van der Waals surface area (Å²) in [7, 11) is 1.75. The zero-order valence-corrected chi connectivity index (χ0v) is 19.4. The first kappa shape index (κ1) is 22.8. The average Bonchev–Trinajstić information content (AvgIpc) is 3.32. The molecule has 33 heavy (non-hydrogen) atoms. The average molecular weight is 465 g/mol. The van der Waals surface area contributed by atoms with Crippen LogP contribution in [0.25, 0.3) is 22.0 Å². The van der Waals surface area contributed by atoms with Crippen LogP contribution in [0.15, 0.2) is 54.9 Å². The molecule has 2 heterocycles. The SMILES string of the molecule is CCOc1cc(C(=O)N(C)[C@@H](C)c2cnc(CO)c3cn[nH]c23)ccc1-c1cccc(Cl)c1. The van der Waals surface area contributed by atoms with Gasteiger partial charge in [-0.15, -0.1) is 0 Å². The van der Waals surface area contributed by atoms with Crippen molar-refractivity contribution in [1.29, 1.82) is 0 Å². The number of ether oxygens (including phenoxy) is 1. The Labute approximate surface area is 197 Å². The summed E-state index contributed by atoms with van der Waals surface area (Å²) >= 11 is 6.17. The topological polar surface area (TPSA) is 91.3 Å². The maximum absolute atomic E-state index is 13.4. The monoisotopic (exact) mass is 464 g/mol. The van der Waals surface area contributed by atoms with Gasteiger partial charge >= 0.3 is 0 Å². The molecule has 1 atom stereocenters. The second kappa shape index (κ2) is 9.60. The van der Waals surface area contributed by atoms with Crippen LogP contribution < -0.4 is 4.74 Å². The molecule has 4 aromatic rings. The largest absolute Gasteiger partial charge is 0.493 e. The molecule has 0 aliphatic carbocycles. The van der Waals surface area contributed by atoms with Gasteiger partial charge in [0.2, 0.25) is 0 Å². The number of amides is 1. The van der Waals surface area contributed by atoms with E-state index in [1.807, 2.05) is 44.2 Å². The van der Waals surface area contributed by atoms with Crippen LogP contribution in [0.4, 0.5) is 0 Å². The third kappa shape index (κ3) is 4.42. The first-order chi connectivity index (χ1) is 15.9. The molecule has 1 amide bonds. The summed E-state index contributed by atoms with van der Waals surface area (Å²) in [6, 6.07) is 12.7. The Hall–Kier alpha value is -3.42. The molecule has 0 aliphatic heterocycles. The molecular formula is C25H25ClN4O3. The van der Waals surface area contributed by atoms with Crippen molar-refractivity contribution in [3.63, 3.8) is 0 Å². The van der Waals surface area contributed by atoms with Gasteiger partial charge in [0.1, 0.15) is 5.75 Å².